The first kappa shape index (κ1) is 9.27. The lowest BCUT2D eigenvalue weighted by Gasteiger charge is -2.17. The van der Waals surface area contributed by atoms with E-state index in [0.29, 0.717) is 17.9 Å². The molecule has 1 nitrogen and oxygen atoms in total. The Morgan fingerprint density at radius 2 is 1.73 bits per heavy atom. The van der Waals surface area contributed by atoms with Crippen LogP contribution < -0.4 is 0 Å². The van der Waals surface area contributed by atoms with Crippen molar-refractivity contribution in [1.29, 1.82) is 0 Å². The van der Waals surface area contributed by atoms with Gasteiger partial charge in [-0.05, 0) is 16.9 Å². The van der Waals surface area contributed by atoms with Crippen molar-refractivity contribution in [2.45, 2.75) is 39.0 Å². The molecule has 0 aromatic carbocycles. The topological polar surface area (TPSA) is 20.2 Å². The van der Waals surface area contributed by atoms with Crippen molar-refractivity contribution >= 4 is 8.07 Å². The standard InChI is InChI=1S/C9H20OSi/c1-9(2)7(6-10)8(9)11(3,4)5/h7-8,10H,6H2,1-5H3/t7-,8-/m0/s1. The van der Waals surface area contributed by atoms with Crippen LogP contribution in [0.15, 0.2) is 0 Å². The molecule has 1 rings (SSSR count). The zero-order valence-electron chi connectivity index (χ0n) is 8.31. The van der Waals surface area contributed by atoms with Crippen LogP contribution in [0.3, 0.4) is 0 Å². The summed E-state index contributed by atoms with van der Waals surface area (Å²) in [5.74, 6) is 0.592. The number of aliphatic hydroxyl groups excluding tert-OH is 1. The molecular weight excluding hydrogens is 152 g/mol. The van der Waals surface area contributed by atoms with E-state index in [9.17, 15) is 0 Å². The summed E-state index contributed by atoms with van der Waals surface area (Å²) in [5, 5.41) is 9.10. The van der Waals surface area contributed by atoms with Gasteiger partial charge in [-0.25, -0.2) is 0 Å². The summed E-state index contributed by atoms with van der Waals surface area (Å²) in [6.45, 7) is 12.2. The Balaban J connectivity index is 2.66. The minimum absolute atomic E-state index is 0.391. The second-order valence-corrected chi connectivity index (χ2v) is 10.8. The Morgan fingerprint density at radius 1 is 1.27 bits per heavy atom. The average Bonchev–Trinajstić information content (AvgIpc) is 2.31. The van der Waals surface area contributed by atoms with Crippen LogP contribution in [-0.4, -0.2) is 19.8 Å². The van der Waals surface area contributed by atoms with E-state index >= 15 is 0 Å². The lowest BCUT2D eigenvalue weighted by atomic mass is 10.1. The number of hydrogen-bond donors (Lipinski definition) is 1. The van der Waals surface area contributed by atoms with Gasteiger partial charge in [0.05, 0.1) is 0 Å². The van der Waals surface area contributed by atoms with Gasteiger partial charge in [0.15, 0.2) is 0 Å². The van der Waals surface area contributed by atoms with E-state index in [2.05, 4.69) is 33.5 Å². The quantitative estimate of drug-likeness (QED) is 0.634. The van der Waals surface area contributed by atoms with Crippen LogP contribution in [-0.2, 0) is 0 Å². The molecular formula is C9H20OSi. The van der Waals surface area contributed by atoms with Crippen molar-refractivity contribution in [2.75, 3.05) is 6.61 Å². The number of aliphatic hydroxyl groups is 1. The molecule has 1 fully saturated rings. The number of rotatable bonds is 2. The normalized spacial score (nSPS) is 35.5. The molecule has 1 aliphatic rings. The third kappa shape index (κ3) is 1.38. The lowest BCUT2D eigenvalue weighted by molar-refractivity contribution is 0.257. The van der Waals surface area contributed by atoms with E-state index in [4.69, 9.17) is 5.11 Å². The molecule has 2 heteroatoms. The Hall–Kier alpha value is 0.177. The minimum Gasteiger partial charge on any atom is -0.396 e. The lowest BCUT2D eigenvalue weighted by Crippen LogP contribution is -2.22. The second-order valence-electron chi connectivity index (χ2n) is 5.45. The zero-order chi connectivity index (χ0) is 8.86. The molecule has 2 atom stereocenters. The molecule has 0 aromatic heterocycles. The zero-order valence-corrected chi connectivity index (χ0v) is 9.31. The maximum absolute atomic E-state index is 9.10. The van der Waals surface area contributed by atoms with Gasteiger partial charge < -0.3 is 5.11 Å². The molecule has 0 unspecified atom stereocenters. The van der Waals surface area contributed by atoms with Gasteiger partial charge in [0.2, 0.25) is 0 Å². The Morgan fingerprint density at radius 3 is 1.82 bits per heavy atom. The Labute approximate surface area is 70.8 Å². The van der Waals surface area contributed by atoms with Crippen LogP contribution in [0.4, 0.5) is 0 Å². The van der Waals surface area contributed by atoms with Crippen molar-refractivity contribution in [3.8, 4) is 0 Å². The summed E-state index contributed by atoms with van der Waals surface area (Å²) < 4.78 is 0. The van der Waals surface area contributed by atoms with Crippen molar-refractivity contribution in [3.63, 3.8) is 0 Å². The summed E-state index contributed by atoms with van der Waals surface area (Å²) in [6.07, 6.45) is 0. The van der Waals surface area contributed by atoms with Crippen LogP contribution in [0.5, 0.6) is 0 Å². The highest BCUT2D eigenvalue weighted by Gasteiger charge is 2.61. The van der Waals surface area contributed by atoms with Gasteiger partial charge >= 0.3 is 0 Å². The van der Waals surface area contributed by atoms with Crippen LogP contribution in [0.2, 0.25) is 25.2 Å². The summed E-state index contributed by atoms with van der Waals surface area (Å²) in [7, 11) is -1.00. The van der Waals surface area contributed by atoms with E-state index in [0.717, 1.165) is 5.54 Å². The molecule has 0 heterocycles. The first-order chi connectivity index (χ1) is 4.81. The predicted octanol–water partition coefficient (Wildman–Crippen LogP) is 2.34. The van der Waals surface area contributed by atoms with E-state index in [1.807, 2.05) is 0 Å². The fraction of sp³-hybridized carbons (Fsp3) is 1.00. The number of hydrogen-bond acceptors (Lipinski definition) is 1. The summed E-state index contributed by atoms with van der Waals surface area (Å²) in [5.41, 5.74) is 1.26. The smallest absolute Gasteiger partial charge is 0.0483 e. The van der Waals surface area contributed by atoms with Gasteiger partial charge in [-0.15, -0.1) is 0 Å². The highest BCUT2D eigenvalue weighted by Crippen LogP contribution is 2.67. The van der Waals surface area contributed by atoms with Gasteiger partial charge in [-0.3, -0.25) is 0 Å². The molecule has 1 saturated carbocycles. The third-order valence-corrected chi connectivity index (χ3v) is 6.19. The van der Waals surface area contributed by atoms with Crippen molar-refractivity contribution in [3.05, 3.63) is 0 Å². The van der Waals surface area contributed by atoms with Crippen molar-refractivity contribution < 1.29 is 5.11 Å². The third-order valence-electron chi connectivity index (χ3n) is 3.18. The fourth-order valence-corrected chi connectivity index (χ4v) is 6.90. The molecule has 0 bridgehead atoms. The molecule has 0 aliphatic heterocycles. The highest BCUT2D eigenvalue weighted by atomic mass is 28.3. The molecule has 0 saturated heterocycles. The monoisotopic (exact) mass is 172 g/mol. The summed E-state index contributed by atoms with van der Waals surface area (Å²) >= 11 is 0. The van der Waals surface area contributed by atoms with Crippen LogP contribution in [0, 0.1) is 11.3 Å². The van der Waals surface area contributed by atoms with E-state index < -0.39 is 8.07 Å². The molecule has 0 spiro atoms. The molecule has 11 heavy (non-hydrogen) atoms. The molecule has 1 N–H and O–H groups in total. The Kier molecular flexibility index (Phi) is 1.96. The maximum Gasteiger partial charge on any atom is 0.0483 e. The molecule has 0 amide bonds. The van der Waals surface area contributed by atoms with Crippen LogP contribution in [0.1, 0.15) is 13.8 Å². The molecule has 0 radical (unpaired) electrons. The molecule has 0 aromatic rings. The first-order valence-corrected chi connectivity index (χ1v) is 8.00. The van der Waals surface area contributed by atoms with Gasteiger partial charge in [0.25, 0.3) is 0 Å². The predicted molar refractivity (Wildman–Crippen MR) is 51.5 cm³/mol. The first-order valence-electron chi connectivity index (χ1n) is 4.42. The molecule has 1 aliphatic carbocycles. The van der Waals surface area contributed by atoms with Gasteiger partial charge in [-0.1, -0.05) is 33.5 Å². The van der Waals surface area contributed by atoms with Crippen LogP contribution in [0.25, 0.3) is 0 Å². The van der Waals surface area contributed by atoms with E-state index in [1.54, 1.807) is 0 Å². The van der Waals surface area contributed by atoms with Gasteiger partial charge in [-0.2, -0.15) is 0 Å². The van der Waals surface area contributed by atoms with Crippen LogP contribution >= 0.6 is 0 Å². The van der Waals surface area contributed by atoms with Crippen molar-refractivity contribution in [2.24, 2.45) is 11.3 Å². The largest absolute Gasteiger partial charge is 0.396 e. The average molecular weight is 172 g/mol. The molecule has 66 valence electrons. The van der Waals surface area contributed by atoms with Gasteiger partial charge in [0.1, 0.15) is 0 Å². The van der Waals surface area contributed by atoms with Gasteiger partial charge in [0, 0.05) is 14.7 Å². The van der Waals surface area contributed by atoms with Crippen molar-refractivity contribution in [1.82, 2.24) is 0 Å². The maximum atomic E-state index is 9.10. The fourth-order valence-electron chi connectivity index (χ4n) is 2.80. The van der Waals surface area contributed by atoms with E-state index in [-0.39, 0.29) is 0 Å². The highest BCUT2D eigenvalue weighted by molar-refractivity contribution is 6.78. The minimum atomic E-state index is -1.00. The van der Waals surface area contributed by atoms with E-state index in [1.165, 1.54) is 0 Å². The SMILES string of the molecule is CC1(C)[C@@H](CO)[C@@H]1[Si](C)(C)C. The second kappa shape index (κ2) is 2.33. The summed E-state index contributed by atoms with van der Waals surface area (Å²) in [4.78, 5) is 0. The Bertz CT molecular complexity index is 157. The summed E-state index contributed by atoms with van der Waals surface area (Å²) in [6, 6.07) is 0.